The Balaban J connectivity index is 1.50. The highest BCUT2D eigenvalue weighted by molar-refractivity contribution is 7.99. The van der Waals surface area contributed by atoms with Gasteiger partial charge >= 0.3 is 0 Å². The minimum atomic E-state index is -4.26. The van der Waals surface area contributed by atoms with Crippen molar-refractivity contribution < 1.29 is 13.2 Å². The molecule has 12 heteroatoms. The van der Waals surface area contributed by atoms with Gasteiger partial charge in [-0.3, -0.25) is 19.0 Å². The van der Waals surface area contributed by atoms with E-state index in [-0.39, 0.29) is 33.6 Å². The highest BCUT2D eigenvalue weighted by Gasteiger charge is 2.25. The lowest BCUT2D eigenvalue weighted by Gasteiger charge is -2.11. The van der Waals surface area contributed by atoms with Gasteiger partial charge in [-0.15, -0.1) is 11.8 Å². The lowest BCUT2D eigenvalue weighted by Crippen LogP contribution is -2.23. The van der Waals surface area contributed by atoms with Crippen LogP contribution in [0.4, 0.5) is 11.4 Å². The minimum Gasteiger partial charge on any atom is -0.326 e. The minimum absolute atomic E-state index is 0.0502. The van der Waals surface area contributed by atoms with Gasteiger partial charge in [-0.1, -0.05) is 41.4 Å². The fourth-order valence-corrected chi connectivity index (χ4v) is 6.30. The normalized spacial score (nSPS) is 11.4. The second kappa shape index (κ2) is 11.7. The molecule has 0 saturated heterocycles. The summed E-state index contributed by atoms with van der Waals surface area (Å²) in [5, 5.41) is 3.29. The largest absolute Gasteiger partial charge is 0.326 e. The molecule has 1 aromatic heterocycles. The number of rotatable bonds is 9. The zero-order valence-electron chi connectivity index (χ0n) is 20.4. The summed E-state index contributed by atoms with van der Waals surface area (Å²) in [6, 6.07) is 20.3. The van der Waals surface area contributed by atoms with E-state index in [1.54, 1.807) is 55.1 Å². The molecule has 4 aromatic rings. The highest BCUT2D eigenvalue weighted by atomic mass is 35.5. The van der Waals surface area contributed by atoms with E-state index in [1.807, 2.05) is 18.2 Å². The van der Waals surface area contributed by atoms with Crippen LogP contribution < -0.4 is 15.6 Å². The van der Waals surface area contributed by atoms with Crippen molar-refractivity contribution >= 4 is 62.3 Å². The lowest BCUT2D eigenvalue weighted by molar-refractivity contribution is -0.115. The van der Waals surface area contributed by atoms with Crippen LogP contribution in [-0.4, -0.2) is 29.4 Å². The molecule has 38 heavy (non-hydrogen) atoms. The van der Waals surface area contributed by atoms with Crippen LogP contribution in [-0.2, 0) is 21.9 Å². The van der Waals surface area contributed by atoms with E-state index >= 15 is 0 Å². The summed E-state index contributed by atoms with van der Waals surface area (Å²) in [6.45, 7) is 1.64. The quantitative estimate of drug-likeness (QED) is 0.243. The molecule has 1 amide bonds. The third-order valence-corrected chi connectivity index (χ3v) is 8.80. The van der Waals surface area contributed by atoms with Gasteiger partial charge < -0.3 is 5.32 Å². The number of hydrogen-bond acceptors (Lipinski definition) is 5. The van der Waals surface area contributed by atoms with E-state index < -0.39 is 15.6 Å². The molecule has 0 atom stereocenters. The molecule has 0 saturated carbocycles. The van der Waals surface area contributed by atoms with Crippen molar-refractivity contribution in [3.05, 3.63) is 98.9 Å². The van der Waals surface area contributed by atoms with Crippen molar-refractivity contribution in [3.8, 4) is 5.69 Å². The van der Waals surface area contributed by atoms with Gasteiger partial charge in [-0.25, -0.2) is 13.1 Å². The number of nitrogens with zero attached hydrogens (tertiary/aromatic N) is 2. The monoisotopic (exact) mass is 590 g/mol. The molecule has 0 aliphatic carbocycles. The predicted molar refractivity (Wildman–Crippen MR) is 153 cm³/mol. The van der Waals surface area contributed by atoms with Crippen LogP contribution in [0.5, 0.6) is 0 Å². The molecule has 2 N–H and O–H groups in total. The molecular formula is C26H24Cl2N4O4S2. The molecular weight excluding hydrogens is 567 g/mol. The second-order valence-corrected chi connectivity index (χ2v) is 12.0. The average molecular weight is 592 g/mol. The van der Waals surface area contributed by atoms with E-state index in [1.165, 1.54) is 34.6 Å². The van der Waals surface area contributed by atoms with Crippen LogP contribution in [0.2, 0.25) is 10.0 Å². The van der Waals surface area contributed by atoms with Crippen molar-refractivity contribution in [3.63, 3.8) is 0 Å². The van der Waals surface area contributed by atoms with E-state index in [4.69, 9.17) is 23.2 Å². The van der Waals surface area contributed by atoms with Crippen molar-refractivity contribution in [1.29, 1.82) is 0 Å². The van der Waals surface area contributed by atoms with Gasteiger partial charge in [0.05, 0.1) is 16.4 Å². The molecule has 4 rings (SSSR count). The first-order valence-electron chi connectivity index (χ1n) is 11.4. The van der Waals surface area contributed by atoms with Gasteiger partial charge in [0.15, 0.2) is 0 Å². The smallest absolute Gasteiger partial charge is 0.296 e. The average Bonchev–Trinajstić information content (AvgIpc) is 3.09. The van der Waals surface area contributed by atoms with Crippen LogP contribution in [0.3, 0.4) is 0 Å². The zero-order valence-corrected chi connectivity index (χ0v) is 23.6. The number of sulfonamides is 1. The number of halogens is 2. The molecule has 0 radical (unpaired) electrons. The Hall–Kier alpha value is -3.18. The van der Waals surface area contributed by atoms with Crippen LogP contribution in [0.15, 0.2) is 87.4 Å². The van der Waals surface area contributed by atoms with Crippen molar-refractivity contribution in [2.45, 2.75) is 23.1 Å². The maximum absolute atomic E-state index is 13.3. The number of amides is 1. The molecule has 0 bridgehead atoms. The summed E-state index contributed by atoms with van der Waals surface area (Å²) in [4.78, 5) is 26.3. The number of carbonyl (C=O) groups excluding carboxylic acids is 1. The van der Waals surface area contributed by atoms with Crippen LogP contribution in [0, 0.1) is 6.92 Å². The van der Waals surface area contributed by atoms with Gasteiger partial charge in [0.1, 0.15) is 10.6 Å². The fourth-order valence-electron chi connectivity index (χ4n) is 3.68. The number of thioether (sulfide) groups is 1. The molecule has 3 aromatic carbocycles. The maximum atomic E-state index is 13.3. The van der Waals surface area contributed by atoms with Gasteiger partial charge in [0, 0.05) is 34.8 Å². The number of nitrogens with one attached hydrogen (secondary N) is 2. The van der Waals surface area contributed by atoms with Gasteiger partial charge in [0.2, 0.25) is 5.91 Å². The molecule has 0 fully saturated rings. The zero-order chi connectivity index (χ0) is 27.4. The Morgan fingerprint density at radius 2 is 1.68 bits per heavy atom. The standard InChI is InChI=1S/C26H24Cl2N4O4S2/c1-17-25(26(34)32(31(17)2)20-6-4-3-5-7-20)30-38(35,36)23-16-19(10-13-22(23)28)29-24(33)14-15-37-21-11-8-18(27)9-12-21/h3-13,16,30H,14-15H2,1-2H3,(H,29,33). The summed E-state index contributed by atoms with van der Waals surface area (Å²) in [5.41, 5.74) is 0.647. The first kappa shape index (κ1) is 27.8. The van der Waals surface area contributed by atoms with E-state index in [2.05, 4.69) is 10.0 Å². The second-order valence-electron chi connectivity index (χ2n) is 8.29. The van der Waals surface area contributed by atoms with E-state index in [9.17, 15) is 18.0 Å². The topological polar surface area (TPSA) is 102 Å². The SMILES string of the molecule is Cc1c(NS(=O)(=O)c2cc(NC(=O)CCSc3ccc(Cl)cc3)ccc2Cl)c(=O)n(-c2ccccc2)n1C. The Labute approximate surface area is 234 Å². The van der Waals surface area contributed by atoms with Gasteiger partial charge in [-0.05, 0) is 61.5 Å². The van der Waals surface area contributed by atoms with Crippen LogP contribution in [0.25, 0.3) is 5.69 Å². The summed E-state index contributed by atoms with van der Waals surface area (Å²) in [5.74, 6) is 0.240. The Kier molecular flexibility index (Phi) is 8.57. The predicted octanol–water partition coefficient (Wildman–Crippen LogP) is 5.71. The number of aromatic nitrogens is 2. The first-order valence-corrected chi connectivity index (χ1v) is 14.6. The molecule has 8 nitrogen and oxygen atoms in total. The van der Waals surface area contributed by atoms with E-state index in [0.717, 1.165) is 4.90 Å². The molecule has 0 aliphatic rings. The summed E-state index contributed by atoms with van der Waals surface area (Å²) in [6.07, 6.45) is 0.207. The van der Waals surface area contributed by atoms with Crippen LogP contribution in [0.1, 0.15) is 12.1 Å². The lowest BCUT2D eigenvalue weighted by atomic mass is 10.3. The summed E-state index contributed by atoms with van der Waals surface area (Å²) < 4.78 is 31.9. The Morgan fingerprint density at radius 1 is 1.00 bits per heavy atom. The fraction of sp³-hybridized carbons (Fsp3) is 0.154. The van der Waals surface area contributed by atoms with Gasteiger partial charge in [0.25, 0.3) is 15.6 Å². The maximum Gasteiger partial charge on any atom is 0.296 e. The van der Waals surface area contributed by atoms with Crippen LogP contribution >= 0.6 is 35.0 Å². The molecule has 0 unspecified atom stereocenters. The molecule has 1 heterocycles. The third kappa shape index (κ3) is 6.27. The number of hydrogen-bond donors (Lipinski definition) is 2. The van der Waals surface area contributed by atoms with Crippen molar-refractivity contribution in [2.24, 2.45) is 7.05 Å². The Morgan fingerprint density at radius 3 is 2.37 bits per heavy atom. The number of anilines is 2. The molecule has 0 spiro atoms. The van der Waals surface area contributed by atoms with Crippen molar-refractivity contribution in [2.75, 3.05) is 15.8 Å². The number of para-hydroxylation sites is 1. The number of carbonyl (C=O) groups is 1. The molecule has 0 aliphatic heterocycles. The third-order valence-electron chi connectivity index (χ3n) is 5.71. The van der Waals surface area contributed by atoms with E-state index in [0.29, 0.717) is 22.2 Å². The summed E-state index contributed by atoms with van der Waals surface area (Å²) in [7, 11) is -2.60. The van der Waals surface area contributed by atoms with Gasteiger partial charge in [-0.2, -0.15) is 0 Å². The van der Waals surface area contributed by atoms with Crippen molar-refractivity contribution in [1.82, 2.24) is 9.36 Å². The Bertz CT molecular complexity index is 1630. The highest BCUT2D eigenvalue weighted by Crippen LogP contribution is 2.28. The number of benzene rings is 3. The summed E-state index contributed by atoms with van der Waals surface area (Å²) >= 11 is 13.6. The molecule has 198 valence electrons. The first-order chi connectivity index (χ1) is 18.1.